The van der Waals surface area contributed by atoms with E-state index in [9.17, 15) is 0 Å². The van der Waals surface area contributed by atoms with Gasteiger partial charge in [-0.05, 0) is 35.1 Å². The molecule has 4 bridgehead atoms. The van der Waals surface area contributed by atoms with E-state index in [1.165, 1.54) is 22.3 Å². The van der Waals surface area contributed by atoms with E-state index >= 15 is 0 Å². The van der Waals surface area contributed by atoms with Gasteiger partial charge in [-0.15, -0.1) is 6.58 Å². The van der Waals surface area contributed by atoms with Crippen LogP contribution in [-0.4, -0.2) is 43.9 Å². The molecule has 0 aromatic heterocycles. The molecule has 2 aromatic carbocycles. The number of hydrogen-bond acceptors (Lipinski definition) is 5. The minimum atomic E-state index is -0.436. The molecule has 2 saturated heterocycles. The molecule has 0 radical (unpaired) electrons. The molecule has 0 unspecified atom stereocenters. The average Bonchev–Trinajstić information content (AvgIpc) is 3.21. The molecular weight excluding hydrogens is 380 g/mol. The lowest BCUT2D eigenvalue weighted by Gasteiger charge is -2.40. The summed E-state index contributed by atoms with van der Waals surface area (Å²) in [6, 6.07) is 17.0. The van der Waals surface area contributed by atoms with Crippen molar-refractivity contribution in [3.63, 3.8) is 0 Å². The Labute approximate surface area is 177 Å². The lowest BCUT2D eigenvalue weighted by atomic mass is 9.97. The quantitative estimate of drug-likeness (QED) is 0.727. The van der Waals surface area contributed by atoms with Crippen molar-refractivity contribution in [2.75, 3.05) is 13.2 Å². The van der Waals surface area contributed by atoms with Crippen LogP contribution in [0.25, 0.3) is 0 Å². The Morgan fingerprint density at radius 1 is 0.833 bits per heavy atom. The molecule has 2 fully saturated rings. The van der Waals surface area contributed by atoms with Crippen molar-refractivity contribution in [1.29, 1.82) is 0 Å². The van der Waals surface area contributed by atoms with E-state index < -0.39 is 6.29 Å². The highest BCUT2D eigenvalue weighted by Crippen LogP contribution is 2.35. The predicted octanol–water partition coefficient (Wildman–Crippen LogP) is 3.58. The number of rotatable bonds is 3. The van der Waals surface area contributed by atoms with E-state index in [1.807, 2.05) is 0 Å². The van der Waals surface area contributed by atoms with Crippen LogP contribution in [0, 0.1) is 0 Å². The van der Waals surface area contributed by atoms with Gasteiger partial charge in [-0.1, -0.05) is 54.6 Å². The summed E-state index contributed by atoms with van der Waals surface area (Å²) in [5.41, 5.74) is 5.00. The van der Waals surface area contributed by atoms with E-state index in [2.05, 4.69) is 55.1 Å². The first-order chi connectivity index (χ1) is 14.8. The molecular formula is C25H28O5. The Morgan fingerprint density at radius 3 is 2.07 bits per heavy atom. The molecule has 0 N–H and O–H groups in total. The van der Waals surface area contributed by atoms with Crippen molar-refractivity contribution in [2.24, 2.45) is 0 Å². The van der Waals surface area contributed by atoms with Gasteiger partial charge >= 0.3 is 0 Å². The first-order valence-electron chi connectivity index (χ1n) is 10.7. The Bertz CT molecular complexity index is 816. The summed E-state index contributed by atoms with van der Waals surface area (Å²) in [5.74, 6) is 0. The molecule has 158 valence electrons. The van der Waals surface area contributed by atoms with Crippen LogP contribution in [0.5, 0.6) is 0 Å². The van der Waals surface area contributed by atoms with Crippen LogP contribution in [0.1, 0.15) is 22.3 Å². The standard InChI is InChI=1S/C25H28O5/c1-2-13-26-23-22-21-16-29-25(30-21)24(23)28-15-20-10-6-4-8-18(20)12-11-17-7-3-5-9-19(17)14-27-22/h2-10,21-25H,1,11-16H2/t21-,22-,23+,24-,25-/m1/s1. The fraction of sp³-hybridized carbons (Fsp3) is 0.440. The van der Waals surface area contributed by atoms with E-state index in [1.54, 1.807) is 6.08 Å². The van der Waals surface area contributed by atoms with Gasteiger partial charge in [0.05, 0.1) is 26.4 Å². The second kappa shape index (κ2) is 9.00. The lowest BCUT2D eigenvalue weighted by molar-refractivity contribution is -0.264. The Kier molecular flexibility index (Phi) is 5.97. The number of benzene rings is 2. The van der Waals surface area contributed by atoms with Gasteiger partial charge in [0.25, 0.3) is 0 Å². The first-order valence-corrected chi connectivity index (χ1v) is 10.7. The van der Waals surface area contributed by atoms with E-state index in [4.69, 9.17) is 23.7 Å². The SMILES string of the molecule is C=CCO[C@@H]1[C@H]2OCc3ccccc3CCc3ccccc3CO[C@@H]1[C@H]1CO[C@@H]2O1. The van der Waals surface area contributed by atoms with Crippen molar-refractivity contribution in [1.82, 2.24) is 0 Å². The third-order valence-electron chi connectivity index (χ3n) is 6.19. The third kappa shape index (κ3) is 3.96. The van der Waals surface area contributed by atoms with Crippen molar-refractivity contribution in [3.05, 3.63) is 83.4 Å². The number of fused-ring (bicyclic) bond motifs is 8. The van der Waals surface area contributed by atoms with Gasteiger partial charge in [0.2, 0.25) is 0 Å². The summed E-state index contributed by atoms with van der Waals surface area (Å²) in [6.45, 7) is 5.70. The minimum absolute atomic E-state index is 0.158. The van der Waals surface area contributed by atoms with Crippen LogP contribution >= 0.6 is 0 Å². The van der Waals surface area contributed by atoms with Crippen LogP contribution in [0.3, 0.4) is 0 Å². The van der Waals surface area contributed by atoms with Gasteiger partial charge in [-0.2, -0.15) is 0 Å². The topological polar surface area (TPSA) is 46.2 Å². The summed E-state index contributed by atoms with van der Waals surface area (Å²) in [7, 11) is 0. The minimum Gasteiger partial charge on any atom is -0.368 e. The molecule has 5 rings (SSSR count). The monoisotopic (exact) mass is 408 g/mol. The molecule has 0 spiro atoms. The maximum Gasteiger partial charge on any atom is 0.187 e. The predicted molar refractivity (Wildman–Crippen MR) is 112 cm³/mol. The molecule has 5 heteroatoms. The van der Waals surface area contributed by atoms with Gasteiger partial charge in [-0.3, -0.25) is 0 Å². The van der Waals surface area contributed by atoms with Crippen molar-refractivity contribution >= 4 is 0 Å². The van der Waals surface area contributed by atoms with Crippen molar-refractivity contribution in [3.8, 4) is 0 Å². The second-order valence-electron chi connectivity index (χ2n) is 8.05. The summed E-state index contributed by atoms with van der Waals surface area (Å²) >= 11 is 0. The summed E-state index contributed by atoms with van der Waals surface area (Å²) in [5, 5.41) is 0. The highest BCUT2D eigenvalue weighted by molar-refractivity contribution is 5.31. The number of hydrogen-bond donors (Lipinski definition) is 0. The maximum absolute atomic E-state index is 6.43. The van der Waals surface area contributed by atoms with Crippen molar-refractivity contribution in [2.45, 2.75) is 56.8 Å². The molecule has 30 heavy (non-hydrogen) atoms. The average molecular weight is 408 g/mol. The highest BCUT2D eigenvalue weighted by Gasteiger charge is 2.52. The van der Waals surface area contributed by atoms with Gasteiger partial charge in [0, 0.05) is 0 Å². The summed E-state index contributed by atoms with van der Waals surface area (Å²) < 4.78 is 31.0. The zero-order valence-electron chi connectivity index (χ0n) is 17.1. The van der Waals surface area contributed by atoms with Gasteiger partial charge < -0.3 is 23.7 Å². The lowest BCUT2D eigenvalue weighted by Crippen LogP contribution is -2.57. The van der Waals surface area contributed by atoms with Gasteiger partial charge in [0.1, 0.15) is 24.4 Å². The van der Waals surface area contributed by atoms with E-state index in [0.717, 1.165) is 12.8 Å². The number of ether oxygens (including phenoxy) is 5. The first kappa shape index (κ1) is 19.9. The Morgan fingerprint density at radius 2 is 1.43 bits per heavy atom. The summed E-state index contributed by atoms with van der Waals surface area (Å²) in [6.07, 6.45) is 2.17. The molecule has 5 atom stereocenters. The molecule has 3 heterocycles. The van der Waals surface area contributed by atoms with E-state index in [0.29, 0.717) is 26.4 Å². The summed E-state index contributed by atoms with van der Waals surface area (Å²) in [4.78, 5) is 0. The fourth-order valence-electron chi connectivity index (χ4n) is 4.61. The molecule has 3 aliphatic rings. The molecule has 0 saturated carbocycles. The molecule has 3 aliphatic heterocycles. The van der Waals surface area contributed by atoms with Crippen molar-refractivity contribution < 1.29 is 23.7 Å². The van der Waals surface area contributed by atoms with Crippen LogP contribution < -0.4 is 0 Å². The van der Waals surface area contributed by atoms with E-state index in [-0.39, 0.29) is 24.4 Å². The molecule has 2 aromatic rings. The molecule has 0 aliphatic carbocycles. The van der Waals surface area contributed by atoms with Crippen LogP contribution in [-0.2, 0) is 49.7 Å². The van der Waals surface area contributed by atoms with Crippen LogP contribution in [0.15, 0.2) is 61.2 Å². The smallest absolute Gasteiger partial charge is 0.187 e. The third-order valence-corrected chi connectivity index (χ3v) is 6.19. The van der Waals surface area contributed by atoms with Crippen LogP contribution in [0.4, 0.5) is 0 Å². The zero-order valence-corrected chi connectivity index (χ0v) is 17.1. The maximum atomic E-state index is 6.43. The molecule has 0 amide bonds. The highest BCUT2D eigenvalue weighted by atomic mass is 16.8. The van der Waals surface area contributed by atoms with Crippen LogP contribution in [0.2, 0.25) is 0 Å². The second-order valence-corrected chi connectivity index (χ2v) is 8.05. The zero-order chi connectivity index (χ0) is 20.3. The Hall–Kier alpha value is -2.02. The molecule has 5 nitrogen and oxygen atoms in total. The van der Waals surface area contributed by atoms with Gasteiger partial charge in [0.15, 0.2) is 6.29 Å². The van der Waals surface area contributed by atoms with Gasteiger partial charge in [-0.25, -0.2) is 0 Å². The number of aryl methyl sites for hydroxylation is 2. The Balaban J connectivity index is 1.51. The largest absolute Gasteiger partial charge is 0.368 e. The normalized spacial score (nSPS) is 30.9. The fourth-order valence-corrected chi connectivity index (χ4v) is 4.61.